The van der Waals surface area contributed by atoms with Gasteiger partial charge in [-0.25, -0.2) is 0 Å². The van der Waals surface area contributed by atoms with E-state index in [1.54, 1.807) is 55.7 Å². The van der Waals surface area contributed by atoms with Crippen molar-refractivity contribution in [3.63, 3.8) is 0 Å². The Balaban J connectivity index is 0.000000558. The van der Waals surface area contributed by atoms with Crippen LogP contribution in [0.3, 0.4) is 0 Å². The number of phenols is 8. The van der Waals surface area contributed by atoms with E-state index in [1.807, 2.05) is 19.1 Å². The van der Waals surface area contributed by atoms with Gasteiger partial charge >= 0.3 is 0 Å². The first-order chi connectivity index (χ1) is 44.0. The Morgan fingerprint density at radius 2 is 0.699 bits per heavy atom. The number of hydrogen-bond acceptors (Lipinski definition) is 23. The molecule has 0 amide bonds. The molecular weight excluding hydrogens is 1210 g/mol. The van der Waals surface area contributed by atoms with Crippen LogP contribution in [0.5, 0.6) is 80.5 Å². The number of carbonyl (C=O) groups excluding carboxylic acids is 6. The third-order valence-electron chi connectivity index (χ3n) is 13.7. The number of ketones is 6. The van der Waals surface area contributed by atoms with Gasteiger partial charge in [-0.2, -0.15) is 0 Å². The maximum Gasteiger partial charge on any atom is 0.203 e. The lowest BCUT2D eigenvalue weighted by Gasteiger charge is -2.13. The third-order valence-corrected chi connectivity index (χ3v) is 13.7. The Bertz CT molecular complexity index is 3470. The van der Waals surface area contributed by atoms with Crippen LogP contribution in [0.15, 0.2) is 78.9 Å². The highest BCUT2D eigenvalue weighted by atomic mass is 16.5. The van der Waals surface area contributed by atoms with Crippen LogP contribution < -0.4 is 28.4 Å². The van der Waals surface area contributed by atoms with Crippen molar-refractivity contribution in [1.82, 2.24) is 0 Å². The minimum Gasteiger partial charge on any atom is -0.504 e. The highest BCUT2D eigenvalue weighted by molar-refractivity contribution is 5.92. The zero-order valence-corrected chi connectivity index (χ0v) is 55.1. The molecule has 0 bridgehead atoms. The molecule has 0 aliphatic rings. The van der Waals surface area contributed by atoms with Crippen molar-refractivity contribution < 1.29 is 113 Å². The Kier molecular flexibility index (Phi) is 36.9. The van der Waals surface area contributed by atoms with Crippen LogP contribution >= 0.6 is 0 Å². The Morgan fingerprint density at radius 3 is 1.11 bits per heavy atom. The van der Waals surface area contributed by atoms with Gasteiger partial charge in [0.15, 0.2) is 63.3 Å². The van der Waals surface area contributed by atoms with E-state index >= 15 is 0 Å². The standard InChI is InChI=1S/C13H16O3.3C12H16O4.C11H14O4.C10H12O4/c1-9-4-6-11(7-5-10(2)15)12(8-14)13(9)16-3;1-8(13)4-5-9-6-7-10(15-2)12(16-3)11(9)14;1-8(14)3-4-9-5-6-11(16-2)12(15)10(9)7-13;1-8(14)3-4-9-5-6-11(15)12(16-2)10(9)7-13;1-7(12)3-4-8-5-6-9(15-2)11(14)10(8)13;1-6(11)2-3-7-4-5-8(12)10(14)9(7)13/h4-7,14H,8H2,1-3H3;6-7,14H,4-5H2,1-3H3;2*5-6,13,15H,3-4,7H2,1-2H3;5-6,13-14H,3-4H2,1-2H3;4-5,12-14H,2-3H2,1H3/b7-5+;;;;;. The van der Waals surface area contributed by atoms with Crippen molar-refractivity contribution >= 4 is 40.8 Å². The van der Waals surface area contributed by atoms with Crippen LogP contribution in [0.1, 0.15) is 129 Å². The van der Waals surface area contributed by atoms with E-state index in [1.165, 1.54) is 101 Å². The molecule has 0 aromatic heterocycles. The van der Waals surface area contributed by atoms with Crippen molar-refractivity contribution in [1.29, 1.82) is 0 Å². The number of aliphatic hydroxyl groups is 3. The number of aliphatic hydroxyl groups excluding tert-OH is 3. The van der Waals surface area contributed by atoms with E-state index < -0.39 is 5.75 Å². The predicted octanol–water partition coefficient (Wildman–Crippen LogP) is 9.81. The molecule has 6 aromatic carbocycles. The molecule has 0 aliphatic heterocycles. The second-order valence-corrected chi connectivity index (χ2v) is 20.8. The molecule has 0 spiro atoms. The number of methoxy groups -OCH3 is 6. The summed E-state index contributed by atoms with van der Waals surface area (Å²) in [6.45, 7) is 10.3. The van der Waals surface area contributed by atoms with Crippen molar-refractivity contribution in [3.05, 3.63) is 135 Å². The van der Waals surface area contributed by atoms with Crippen LogP contribution in [0, 0.1) is 6.92 Å². The van der Waals surface area contributed by atoms with Gasteiger partial charge in [-0.3, -0.25) is 4.79 Å². The fourth-order valence-electron chi connectivity index (χ4n) is 8.58. The summed E-state index contributed by atoms with van der Waals surface area (Å²) >= 11 is 0. The number of phenolic OH excluding ortho intramolecular Hbond substituents is 7. The van der Waals surface area contributed by atoms with Crippen molar-refractivity contribution in [2.24, 2.45) is 0 Å². The number of aryl methyl sites for hydroxylation is 6. The van der Waals surface area contributed by atoms with Crippen molar-refractivity contribution in [2.45, 2.75) is 132 Å². The Labute approximate surface area is 542 Å². The average Bonchev–Trinajstić information content (AvgIpc) is 0.959. The smallest absolute Gasteiger partial charge is 0.203 e. The van der Waals surface area contributed by atoms with Gasteiger partial charge in [0.25, 0.3) is 0 Å². The number of rotatable bonds is 26. The average molecular weight is 1300 g/mol. The van der Waals surface area contributed by atoms with Crippen molar-refractivity contribution in [3.8, 4) is 80.5 Å². The minimum atomic E-state index is -0.536. The van der Waals surface area contributed by atoms with Gasteiger partial charge < -0.3 is 109 Å². The number of Topliss-reactive ketones (excluding diaryl/α,β-unsaturated/α-hetero) is 5. The summed E-state index contributed by atoms with van der Waals surface area (Å²) in [4.78, 5) is 65.0. The van der Waals surface area contributed by atoms with Gasteiger partial charge in [-0.15, -0.1) is 0 Å². The van der Waals surface area contributed by atoms with Crippen molar-refractivity contribution in [2.75, 3.05) is 42.7 Å². The zero-order valence-electron chi connectivity index (χ0n) is 55.1. The summed E-state index contributed by atoms with van der Waals surface area (Å²) in [6, 6.07) is 19.8. The van der Waals surface area contributed by atoms with Gasteiger partial charge in [0.05, 0.1) is 62.5 Å². The molecule has 93 heavy (non-hydrogen) atoms. The van der Waals surface area contributed by atoms with E-state index in [-0.39, 0.29) is 106 Å². The van der Waals surface area contributed by atoms with Crippen LogP contribution in [0.2, 0.25) is 0 Å². The van der Waals surface area contributed by atoms with Crippen LogP contribution in [-0.2, 0) is 80.7 Å². The maximum atomic E-state index is 10.9. The number of allylic oxidation sites excluding steroid dienone is 1. The Morgan fingerprint density at radius 1 is 0.344 bits per heavy atom. The molecule has 0 saturated carbocycles. The lowest BCUT2D eigenvalue weighted by molar-refractivity contribution is -0.117. The first kappa shape index (κ1) is 81.2. The second kappa shape index (κ2) is 42.3. The minimum absolute atomic E-state index is 0.00174. The molecule has 0 heterocycles. The lowest BCUT2D eigenvalue weighted by Crippen LogP contribution is -2.01. The molecule has 0 radical (unpaired) electrons. The van der Waals surface area contributed by atoms with E-state index in [9.17, 15) is 74.7 Å². The second-order valence-electron chi connectivity index (χ2n) is 20.8. The predicted molar refractivity (Wildman–Crippen MR) is 349 cm³/mol. The SMILES string of the molecule is CC(=O)CCc1ccc(O)c(O)c1O.COc1c(C)ccc(/C=C/C(C)=O)c1CO.COc1c(O)ccc(CCC(C)=O)c1CO.COc1ccc(CCC(C)=O)c(CO)c1O.COc1ccc(CCC(C)=O)c(O)c1O.COc1ccc(CCC(C)=O)c(O)c1OC. The molecule has 0 fully saturated rings. The largest absolute Gasteiger partial charge is 0.504 e. The van der Waals surface area contributed by atoms with E-state index in [0.29, 0.717) is 121 Å². The summed E-state index contributed by atoms with van der Waals surface area (Å²) in [5.74, 6) is 0.837. The van der Waals surface area contributed by atoms with Gasteiger partial charge in [0.2, 0.25) is 17.2 Å². The topological polar surface area (TPSA) is 380 Å². The van der Waals surface area contributed by atoms with Gasteiger partial charge in [0, 0.05) is 48.8 Å². The molecule has 23 heteroatoms. The molecule has 6 rings (SSSR count). The number of benzene rings is 6. The molecule has 0 atom stereocenters. The molecule has 6 aromatic rings. The van der Waals surface area contributed by atoms with Crippen LogP contribution in [0.4, 0.5) is 0 Å². The summed E-state index contributed by atoms with van der Waals surface area (Å²) in [7, 11) is 8.83. The molecule has 23 nitrogen and oxygen atoms in total. The molecular formula is C70H90O23. The molecule has 0 saturated heterocycles. The first-order valence-corrected chi connectivity index (χ1v) is 29.1. The maximum absolute atomic E-state index is 10.9. The number of ether oxygens (including phenoxy) is 6. The highest BCUT2D eigenvalue weighted by Gasteiger charge is 2.18. The highest BCUT2D eigenvalue weighted by Crippen LogP contribution is 2.41. The van der Waals surface area contributed by atoms with E-state index in [4.69, 9.17) is 38.6 Å². The molecule has 0 unspecified atom stereocenters. The van der Waals surface area contributed by atoms with Gasteiger partial charge in [-0.05, 0) is 156 Å². The van der Waals surface area contributed by atoms with Crippen LogP contribution in [0.25, 0.3) is 6.08 Å². The van der Waals surface area contributed by atoms with Gasteiger partial charge in [0.1, 0.15) is 34.7 Å². The normalized spacial score (nSPS) is 10.2. The number of carbonyl (C=O) groups is 6. The number of aromatic hydroxyl groups is 8. The molecule has 0 aliphatic carbocycles. The third kappa shape index (κ3) is 26.9. The molecule has 508 valence electrons. The molecule has 11 N–H and O–H groups in total. The Hall–Kier alpha value is -9.84. The summed E-state index contributed by atoms with van der Waals surface area (Å²) in [5.41, 5.74) is 6.74. The summed E-state index contributed by atoms with van der Waals surface area (Å²) in [6.07, 6.45) is 7.37. The van der Waals surface area contributed by atoms with Crippen LogP contribution in [-0.4, -0.2) is 134 Å². The van der Waals surface area contributed by atoms with Gasteiger partial charge in [-0.1, -0.05) is 48.5 Å². The van der Waals surface area contributed by atoms with E-state index in [0.717, 1.165) is 22.3 Å². The quantitative estimate of drug-likeness (QED) is 0.0178. The fourth-order valence-corrected chi connectivity index (χ4v) is 8.58. The fraction of sp³-hybridized carbons (Fsp3) is 0.371. The summed E-state index contributed by atoms with van der Waals surface area (Å²) in [5, 5.41) is 104. The zero-order chi connectivity index (χ0) is 70.7. The lowest BCUT2D eigenvalue weighted by atomic mass is 10.0. The van der Waals surface area contributed by atoms with E-state index in [2.05, 4.69) is 0 Å². The monoisotopic (exact) mass is 1300 g/mol. The summed E-state index contributed by atoms with van der Waals surface area (Å²) < 4.78 is 30.1. The first-order valence-electron chi connectivity index (χ1n) is 29.1. The number of hydrogen-bond donors (Lipinski definition) is 11.